The summed E-state index contributed by atoms with van der Waals surface area (Å²) in [5.74, 6) is 0. The van der Waals surface area contributed by atoms with Gasteiger partial charge in [-0.2, -0.15) is 0 Å². The first-order valence-electron chi connectivity index (χ1n) is 7.35. The molecule has 0 saturated carbocycles. The summed E-state index contributed by atoms with van der Waals surface area (Å²) in [7, 11) is 0. The molecule has 1 amide bonds. The molecule has 1 heterocycles. The van der Waals surface area contributed by atoms with Crippen LogP contribution in [0.15, 0.2) is 54.6 Å². The average Bonchev–Trinajstić information content (AvgIpc) is 2.76. The van der Waals surface area contributed by atoms with E-state index in [1.165, 1.54) is 11.1 Å². The molecule has 2 aromatic rings. The van der Waals surface area contributed by atoms with Gasteiger partial charge in [-0.1, -0.05) is 54.6 Å². The van der Waals surface area contributed by atoms with Crippen LogP contribution in [0.25, 0.3) is 0 Å². The molecule has 0 unspecified atom stereocenters. The topological polar surface area (TPSA) is 29.5 Å². The van der Waals surface area contributed by atoms with Gasteiger partial charge in [-0.25, -0.2) is 4.79 Å². The molecule has 0 spiro atoms. The number of carbonyl (C=O) groups is 1. The molecule has 3 rings (SSSR count). The van der Waals surface area contributed by atoms with Gasteiger partial charge in [-0.3, -0.25) is 0 Å². The fourth-order valence-electron chi connectivity index (χ4n) is 2.66. The zero-order chi connectivity index (χ0) is 14.5. The van der Waals surface area contributed by atoms with Gasteiger partial charge in [-0.05, 0) is 29.5 Å². The van der Waals surface area contributed by atoms with Gasteiger partial charge in [0.15, 0.2) is 0 Å². The third kappa shape index (κ3) is 3.43. The molecule has 0 radical (unpaired) electrons. The monoisotopic (exact) mass is 281 g/mol. The molecule has 0 N–H and O–H groups in total. The van der Waals surface area contributed by atoms with Crippen LogP contribution in [0.5, 0.6) is 0 Å². The van der Waals surface area contributed by atoms with Crippen LogP contribution >= 0.6 is 0 Å². The first-order chi connectivity index (χ1) is 10.3. The Bertz CT molecular complexity index is 583. The highest BCUT2D eigenvalue weighted by Gasteiger charge is 2.19. The standard InChI is InChI=1S/C18H19NO2/c20-18(21-14-15-6-2-1-3-7-15)19-12-10-16-8-4-5-9-17(16)11-13-19/h1-9H,10-14H2. The number of nitrogens with zero attached hydrogens (tertiary/aromatic N) is 1. The van der Waals surface area contributed by atoms with Crippen molar-refractivity contribution in [2.75, 3.05) is 13.1 Å². The summed E-state index contributed by atoms with van der Waals surface area (Å²) >= 11 is 0. The Morgan fingerprint density at radius 3 is 2.10 bits per heavy atom. The second-order valence-corrected chi connectivity index (χ2v) is 5.30. The highest BCUT2D eigenvalue weighted by atomic mass is 16.6. The molecule has 0 aromatic heterocycles. The van der Waals surface area contributed by atoms with Gasteiger partial charge in [0, 0.05) is 13.1 Å². The van der Waals surface area contributed by atoms with Gasteiger partial charge in [-0.15, -0.1) is 0 Å². The zero-order valence-corrected chi connectivity index (χ0v) is 12.0. The molecule has 3 heteroatoms. The van der Waals surface area contributed by atoms with Crippen LogP contribution in [-0.2, 0) is 24.2 Å². The van der Waals surface area contributed by atoms with Crippen molar-refractivity contribution < 1.29 is 9.53 Å². The number of hydrogen-bond donors (Lipinski definition) is 0. The molecule has 1 aliphatic rings. The molecular weight excluding hydrogens is 262 g/mol. The van der Waals surface area contributed by atoms with E-state index in [1.54, 1.807) is 0 Å². The molecule has 0 aliphatic carbocycles. The summed E-state index contributed by atoms with van der Waals surface area (Å²) in [6.45, 7) is 1.79. The second-order valence-electron chi connectivity index (χ2n) is 5.30. The van der Waals surface area contributed by atoms with E-state index in [9.17, 15) is 4.79 Å². The van der Waals surface area contributed by atoms with Crippen LogP contribution in [0.4, 0.5) is 4.79 Å². The van der Waals surface area contributed by atoms with Gasteiger partial charge in [0.05, 0.1) is 0 Å². The van der Waals surface area contributed by atoms with Crippen LogP contribution in [0.1, 0.15) is 16.7 Å². The van der Waals surface area contributed by atoms with Crippen LogP contribution in [0.2, 0.25) is 0 Å². The lowest BCUT2D eigenvalue weighted by Gasteiger charge is -2.19. The van der Waals surface area contributed by atoms with Crippen LogP contribution in [0.3, 0.4) is 0 Å². The smallest absolute Gasteiger partial charge is 0.410 e. The van der Waals surface area contributed by atoms with Crippen LogP contribution in [0, 0.1) is 0 Å². The van der Waals surface area contributed by atoms with Crippen molar-refractivity contribution in [3.8, 4) is 0 Å². The normalized spacial score (nSPS) is 14.2. The minimum Gasteiger partial charge on any atom is -0.445 e. The number of hydrogen-bond acceptors (Lipinski definition) is 2. The Balaban J connectivity index is 1.57. The Morgan fingerprint density at radius 2 is 1.48 bits per heavy atom. The van der Waals surface area contributed by atoms with Crippen molar-refractivity contribution >= 4 is 6.09 Å². The minimum absolute atomic E-state index is 0.216. The van der Waals surface area contributed by atoms with Gasteiger partial charge in [0.1, 0.15) is 6.61 Å². The molecule has 0 bridgehead atoms. The number of amides is 1. The maximum absolute atomic E-state index is 12.2. The largest absolute Gasteiger partial charge is 0.445 e. The third-order valence-corrected chi connectivity index (χ3v) is 3.88. The lowest BCUT2D eigenvalue weighted by atomic mass is 10.0. The molecule has 2 aromatic carbocycles. The number of fused-ring (bicyclic) bond motifs is 1. The number of ether oxygens (including phenoxy) is 1. The van der Waals surface area contributed by atoms with Crippen LogP contribution < -0.4 is 0 Å². The molecular formula is C18H19NO2. The average molecular weight is 281 g/mol. The van der Waals surface area contributed by atoms with E-state index in [2.05, 4.69) is 24.3 Å². The summed E-state index contributed by atoms with van der Waals surface area (Å²) < 4.78 is 5.41. The van der Waals surface area contributed by atoms with Gasteiger partial charge < -0.3 is 9.64 Å². The maximum Gasteiger partial charge on any atom is 0.410 e. The minimum atomic E-state index is -0.216. The van der Waals surface area contributed by atoms with Gasteiger partial charge >= 0.3 is 6.09 Å². The van der Waals surface area contributed by atoms with Crippen molar-refractivity contribution in [2.24, 2.45) is 0 Å². The van der Waals surface area contributed by atoms with E-state index >= 15 is 0 Å². The lowest BCUT2D eigenvalue weighted by Crippen LogP contribution is -2.33. The Morgan fingerprint density at radius 1 is 0.905 bits per heavy atom. The summed E-state index contributed by atoms with van der Waals surface area (Å²) in [6, 6.07) is 18.2. The van der Waals surface area contributed by atoms with Gasteiger partial charge in [0.2, 0.25) is 0 Å². The van der Waals surface area contributed by atoms with E-state index in [0.717, 1.165) is 31.5 Å². The zero-order valence-electron chi connectivity index (χ0n) is 12.0. The fraction of sp³-hybridized carbons (Fsp3) is 0.278. The second kappa shape index (κ2) is 6.44. The van der Waals surface area contributed by atoms with E-state index in [4.69, 9.17) is 4.74 Å². The summed E-state index contributed by atoms with van der Waals surface area (Å²) in [6.07, 6.45) is 1.58. The first-order valence-corrected chi connectivity index (χ1v) is 7.35. The van der Waals surface area contributed by atoms with E-state index in [0.29, 0.717) is 6.61 Å². The fourth-order valence-corrected chi connectivity index (χ4v) is 2.66. The first kappa shape index (κ1) is 13.7. The van der Waals surface area contributed by atoms with Crippen LogP contribution in [-0.4, -0.2) is 24.1 Å². The molecule has 0 atom stereocenters. The molecule has 3 nitrogen and oxygen atoms in total. The van der Waals surface area contributed by atoms with E-state index in [-0.39, 0.29) is 6.09 Å². The molecule has 0 saturated heterocycles. The molecule has 0 fully saturated rings. The van der Waals surface area contributed by atoms with Crippen molar-refractivity contribution in [1.29, 1.82) is 0 Å². The quantitative estimate of drug-likeness (QED) is 0.844. The SMILES string of the molecule is O=C(OCc1ccccc1)N1CCc2ccccc2CC1. The highest BCUT2D eigenvalue weighted by Crippen LogP contribution is 2.16. The summed E-state index contributed by atoms with van der Waals surface area (Å²) in [4.78, 5) is 14.0. The Hall–Kier alpha value is -2.29. The number of benzene rings is 2. The third-order valence-electron chi connectivity index (χ3n) is 3.88. The van der Waals surface area contributed by atoms with E-state index < -0.39 is 0 Å². The Labute approximate surface area is 125 Å². The van der Waals surface area contributed by atoms with Crippen molar-refractivity contribution in [1.82, 2.24) is 4.90 Å². The molecule has 108 valence electrons. The summed E-state index contributed by atoms with van der Waals surface area (Å²) in [5, 5.41) is 0. The number of rotatable bonds is 2. The van der Waals surface area contributed by atoms with Crippen molar-refractivity contribution in [3.63, 3.8) is 0 Å². The number of carbonyl (C=O) groups excluding carboxylic acids is 1. The predicted molar refractivity (Wildman–Crippen MR) is 82.1 cm³/mol. The molecule has 21 heavy (non-hydrogen) atoms. The molecule has 1 aliphatic heterocycles. The lowest BCUT2D eigenvalue weighted by molar-refractivity contribution is 0.0977. The van der Waals surface area contributed by atoms with Crippen molar-refractivity contribution in [2.45, 2.75) is 19.4 Å². The maximum atomic E-state index is 12.2. The van der Waals surface area contributed by atoms with E-state index in [1.807, 2.05) is 35.2 Å². The highest BCUT2D eigenvalue weighted by molar-refractivity contribution is 5.67. The summed E-state index contributed by atoms with van der Waals surface area (Å²) in [5.41, 5.74) is 3.70. The Kier molecular flexibility index (Phi) is 4.20. The van der Waals surface area contributed by atoms with Crippen molar-refractivity contribution in [3.05, 3.63) is 71.3 Å². The van der Waals surface area contributed by atoms with Gasteiger partial charge in [0.25, 0.3) is 0 Å². The predicted octanol–water partition coefficient (Wildman–Crippen LogP) is 3.42.